The highest BCUT2D eigenvalue weighted by Crippen LogP contribution is 2.21. The lowest BCUT2D eigenvalue weighted by Crippen LogP contribution is -2.34. The maximum Gasteiger partial charge on any atom is 0.335 e. The lowest BCUT2D eigenvalue weighted by Gasteiger charge is -2.28. The molecule has 1 aliphatic heterocycles. The second-order valence-corrected chi connectivity index (χ2v) is 3.93. The molecule has 18 heavy (non-hydrogen) atoms. The van der Waals surface area contributed by atoms with Crippen LogP contribution in [-0.4, -0.2) is 19.1 Å². The predicted molar refractivity (Wildman–Crippen MR) is 70.8 cm³/mol. The van der Waals surface area contributed by atoms with E-state index in [1.54, 1.807) is 19.1 Å². The average Bonchev–Trinajstić information content (AvgIpc) is 2.40. The molecule has 0 saturated carbocycles. The topological polar surface area (TPSA) is 55.6 Å². The zero-order valence-corrected chi connectivity index (χ0v) is 10.3. The molecule has 1 aromatic carbocycles. The van der Waals surface area contributed by atoms with Gasteiger partial charge in [0.1, 0.15) is 5.82 Å². The Bertz CT molecular complexity index is 492. The highest BCUT2D eigenvalue weighted by molar-refractivity contribution is 5.90. The van der Waals surface area contributed by atoms with E-state index in [2.05, 4.69) is 0 Å². The molecule has 0 saturated heterocycles. The smallest absolute Gasteiger partial charge is 0.335 e. The van der Waals surface area contributed by atoms with E-state index in [0.717, 1.165) is 5.69 Å². The zero-order valence-electron chi connectivity index (χ0n) is 10.3. The molecule has 1 aliphatic rings. The van der Waals surface area contributed by atoms with E-state index in [-0.39, 0.29) is 5.97 Å². The number of carbonyl (C=O) groups is 1. The van der Waals surface area contributed by atoms with E-state index in [9.17, 15) is 4.79 Å². The lowest BCUT2D eigenvalue weighted by molar-refractivity contribution is -0.138. The number of esters is 1. The minimum absolute atomic E-state index is 0.290. The largest absolute Gasteiger partial charge is 0.463 e. The molecule has 0 amide bonds. The number of para-hydroxylation sites is 1. The number of nitrogens with two attached hydrogens (primary N) is 1. The molecular weight excluding hydrogens is 228 g/mol. The van der Waals surface area contributed by atoms with E-state index in [1.807, 2.05) is 35.2 Å². The normalized spacial score (nSPS) is 14.8. The van der Waals surface area contributed by atoms with Crippen molar-refractivity contribution in [2.75, 3.05) is 18.1 Å². The van der Waals surface area contributed by atoms with Gasteiger partial charge in [0.25, 0.3) is 0 Å². The van der Waals surface area contributed by atoms with Crippen molar-refractivity contribution in [2.45, 2.75) is 6.92 Å². The minimum Gasteiger partial charge on any atom is -0.463 e. The molecule has 0 atom stereocenters. The Morgan fingerprint density at radius 3 is 2.72 bits per heavy atom. The van der Waals surface area contributed by atoms with Gasteiger partial charge in [0.2, 0.25) is 0 Å². The van der Waals surface area contributed by atoms with Crippen molar-refractivity contribution in [1.29, 1.82) is 0 Å². The SMILES string of the molecule is CCOC(=O)C1=CC=C(N)N(c2ccccc2)C1. The van der Waals surface area contributed by atoms with E-state index in [4.69, 9.17) is 10.5 Å². The molecule has 0 aliphatic carbocycles. The van der Waals surface area contributed by atoms with Crippen molar-refractivity contribution in [3.8, 4) is 0 Å². The van der Waals surface area contributed by atoms with Crippen LogP contribution in [0, 0.1) is 0 Å². The number of hydrogen-bond donors (Lipinski definition) is 1. The van der Waals surface area contributed by atoms with Gasteiger partial charge in [-0.1, -0.05) is 18.2 Å². The first-order chi connectivity index (χ1) is 8.72. The van der Waals surface area contributed by atoms with Crippen LogP contribution in [0.4, 0.5) is 5.69 Å². The number of rotatable bonds is 3. The first-order valence-corrected chi connectivity index (χ1v) is 5.88. The van der Waals surface area contributed by atoms with Gasteiger partial charge in [-0.3, -0.25) is 0 Å². The van der Waals surface area contributed by atoms with Crippen molar-refractivity contribution in [1.82, 2.24) is 0 Å². The molecule has 4 nitrogen and oxygen atoms in total. The number of nitrogens with zero attached hydrogens (tertiary/aromatic N) is 1. The first-order valence-electron chi connectivity index (χ1n) is 5.88. The van der Waals surface area contributed by atoms with Gasteiger partial charge in [-0.05, 0) is 31.2 Å². The number of allylic oxidation sites excluding steroid dienone is 2. The third kappa shape index (κ3) is 2.53. The van der Waals surface area contributed by atoms with Gasteiger partial charge < -0.3 is 15.4 Å². The Morgan fingerprint density at radius 1 is 1.33 bits per heavy atom. The third-order valence-corrected chi connectivity index (χ3v) is 2.70. The average molecular weight is 244 g/mol. The summed E-state index contributed by atoms with van der Waals surface area (Å²) in [6.45, 7) is 2.60. The van der Waals surface area contributed by atoms with E-state index >= 15 is 0 Å². The van der Waals surface area contributed by atoms with Crippen molar-refractivity contribution < 1.29 is 9.53 Å². The fourth-order valence-electron chi connectivity index (χ4n) is 1.79. The second-order valence-electron chi connectivity index (χ2n) is 3.93. The molecule has 0 aromatic heterocycles. The summed E-state index contributed by atoms with van der Waals surface area (Å²) in [6, 6.07) is 9.72. The van der Waals surface area contributed by atoms with Crippen LogP contribution in [-0.2, 0) is 9.53 Å². The summed E-state index contributed by atoms with van der Waals surface area (Å²) in [7, 11) is 0. The Balaban J connectivity index is 2.20. The quantitative estimate of drug-likeness (QED) is 0.824. The van der Waals surface area contributed by atoms with Crippen LogP contribution in [0.3, 0.4) is 0 Å². The van der Waals surface area contributed by atoms with Crippen molar-refractivity contribution >= 4 is 11.7 Å². The first kappa shape index (κ1) is 12.2. The fourth-order valence-corrected chi connectivity index (χ4v) is 1.79. The minimum atomic E-state index is -0.290. The molecule has 0 fully saturated rings. The molecule has 2 rings (SSSR count). The number of carbonyl (C=O) groups excluding carboxylic acids is 1. The summed E-state index contributed by atoms with van der Waals surface area (Å²) in [5, 5.41) is 0. The van der Waals surface area contributed by atoms with Crippen LogP contribution in [0.15, 0.2) is 53.9 Å². The van der Waals surface area contributed by atoms with E-state index < -0.39 is 0 Å². The molecule has 0 spiro atoms. The summed E-state index contributed by atoms with van der Waals surface area (Å²) in [5.74, 6) is 0.330. The Morgan fingerprint density at radius 2 is 2.06 bits per heavy atom. The van der Waals surface area contributed by atoms with E-state index in [0.29, 0.717) is 24.5 Å². The highest BCUT2D eigenvalue weighted by Gasteiger charge is 2.20. The molecule has 2 N–H and O–H groups in total. The van der Waals surface area contributed by atoms with Gasteiger partial charge in [-0.15, -0.1) is 0 Å². The third-order valence-electron chi connectivity index (χ3n) is 2.70. The lowest BCUT2D eigenvalue weighted by atomic mass is 10.1. The van der Waals surface area contributed by atoms with Gasteiger partial charge in [0.15, 0.2) is 0 Å². The summed E-state index contributed by atoms with van der Waals surface area (Å²) < 4.78 is 5.00. The van der Waals surface area contributed by atoms with Crippen molar-refractivity contribution in [2.24, 2.45) is 5.73 Å². The van der Waals surface area contributed by atoms with E-state index in [1.165, 1.54) is 0 Å². The number of hydrogen-bond acceptors (Lipinski definition) is 4. The van der Waals surface area contributed by atoms with Crippen LogP contribution < -0.4 is 10.6 Å². The Hall–Kier alpha value is -2.23. The number of benzene rings is 1. The van der Waals surface area contributed by atoms with Crippen LogP contribution in [0.1, 0.15) is 6.92 Å². The number of ether oxygens (including phenoxy) is 1. The number of anilines is 1. The molecule has 4 heteroatoms. The Labute approximate surface area is 106 Å². The van der Waals surface area contributed by atoms with Crippen molar-refractivity contribution in [3.05, 3.63) is 53.9 Å². The zero-order chi connectivity index (χ0) is 13.0. The standard InChI is InChI=1S/C14H16N2O2/c1-2-18-14(17)11-8-9-13(15)16(10-11)12-6-4-3-5-7-12/h3-9H,2,10,15H2,1H3. The molecule has 0 unspecified atom stereocenters. The van der Waals surface area contributed by atoms with Gasteiger partial charge in [-0.25, -0.2) is 4.79 Å². The summed E-state index contributed by atoms with van der Waals surface area (Å²) in [4.78, 5) is 13.6. The second kappa shape index (κ2) is 5.40. The van der Waals surface area contributed by atoms with Gasteiger partial charge in [-0.2, -0.15) is 0 Å². The monoisotopic (exact) mass is 244 g/mol. The maximum atomic E-state index is 11.7. The highest BCUT2D eigenvalue weighted by atomic mass is 16.5. The molecule has 94 valence electrons. The van der Waals surface area contributed by atoms with Crippen LogP contribution in [0.5, 0.6) is 0 Å². The van der Waals surface area contributed by atoms with Gasteiger partial charge in [0.05, 0.1) is 18.7 Å². The van der Waals surface area contributed by atoms with Crippen LogP contribution in [0.25, 0.3) is 0 Å². The van der Waals surface area contributed by atoms with Crippen LogP contribution in [0.2, 0.25) is 0 Å². The summed E-state index contributed by atoms with van der Waals surface area (Å²) >= 11 is 0. The fraction of sp³-hybridized carbons (Fsp3) is 0.214. The molecule has 0 radical (unpaired) electrons. The van der Waals surface area contributed by atoms with Gasteiger partial charge in [0, 0.05) is 5.69 Å². The van der Waals surface area contributed by atoms with Crippen LogP contribution >= 0.6 is 0 Å². The molecule has 0 bridgehead atoms. The maximum absolute atomic E-state index is 11.7. The van der Waals surface area contributed by atoms with Crippen molar-refractivity contribution in [3.63, 3.8) is 0 Å². The Kier molecular flexibility index (Phi) is 3.67. The van der Waals surface area contributed by atoms with Gasteiger partial charge >= 0.3 is 5.97 Å². The summed E-state index contributed by atoms with van der Waals surface area (Å²) in [5.41, 5.74) is 7.50. The molecule has 1 heterocycles. The molecular formula is C14H16N2O2. The molecule has 1 aromatic rings. The summed E-state index contributed by atoms with van der Waals surface area (Å²) in [6.07, 6.45) is 3.44. The predicted octanol–water partition coefficient (Wildman–Crippen LogP) is 1.80.